The van der Waals surface area contributed by atoms with Crippen LogP contribution in [0.3, 0.4) is 0 Å². The Labute approximate surface area is 226 Å². The lowest BCUT2D eigenvalue weighted by Gasteiger charge is -2.58. The molecular weight excluding hydrogens is 436 g/mol. The topological polar surface area (TPSA) is 20.2 Å². The van der Waals surface area contributed by atoms with Gasteiger partial charge in [0.1, 0.15) is 0 Å². The molecule has 1 N–H and O–H groups in total. The minimum Gasteiger partial charge on any atom is -0.393 e. The van der Waals surface area contributed by atoms with Gasteiger partial charge in [-0.15, -0.1) is 52.6 Å². The first kappa shape index (κ1) is 34.7. The Morgan fingerprint density at radius 1 is 0.833 bits per heavy atom. The van der Waals surface area contributed by atoms with Gasteiger partial charge in [-0.1, -0.05) is 65.5 Å². The standard InChI is InChI=1S/C27H46O.4C2H4/c1-18(2)7-6-8-19(3)23-11-12-24-22-10-9-20-17-21(28)13-15-26(20,4)25(22)14-16-27(23,24)5;4*1-2/h9,18-19,21-25,28H,6-8,10-17H2,1-5H3;4*1-2H2/t19-,21+,22+,23-,24+,25+,26+,27-;;;;/m1..../s1. The largest absolute Gasteiger partial charge is 0.393 e. The number of rotatable bonds is 5. The Bertz CT molecular complexity index is 641. The Morgan fingerprint density at radius 2 is 1.44 bits per heavy atom. The Morgan fingerprint density at radius 3 is 2.03 bits per heavy atom. The van der Waals surface area contributed by atoms with Gasteiger partial charge in [0.25, 0.3) is 0 Å². The number of aliphatic hydroxyl groups excluding tert-OH is 1. The second-order valence-corrected chi connectivity index (χ2v) is 12.2. The number of hydrogen-bond acceptors (Lipinski definition) is 1. The van der Waals surface area contributed by atoms with Gasteiger partial charge in [-0.25, -0.2) is 0 Å². The van der Waals surface area contributed by atoms with Crippen molar-refractivity contribution in [3.05, 3.63) is 64.3 Å². The predicted octanol–water partition coefficient (Wildman–Crippen LogP) is 10.6. The molecule has 0 unspecified atom stereocenters. The van der Waals surface area contributed by atoms with Crippen molar-refractivity contribution in [2.24, 2.45) is 46.3 Å². The highest BCUT2D eigenvalue weighted by molar-refractivity contribution is 5.25. The molecule has 0 bridgehead atoms. The second-order valence-electron chi connectivity index (χ2n) is 12.2. The zero-order valence-electron chi connectivity index (χ0n) is 25.0. The van der Waals surface area contributed by atoms with Crippen molar-refractivity contribution in [3.63, 3.8) is 0 Å². The lowest BCUT2D eigenvalue weighted by atomic mass is 9.47. The lowest BCUT2D eigenvalue weighted by molar-refractivity contribution is -0.0573. The van der Waals surface area contributed by atoms with Crippen molar-refractivity contribution in [1.82, 2.24) is 0 Å². The molecular formula is C35H62O. The van der Waals surface area contributed by atoms with Crippen LogP contribution in [0.4, 0.5) is 0 Å². The zero-order valence-corrected chi connectivity index (χ0v) is 25.0. The molecule has 0 aromatic heterocycles. The first-order valence-electron chi connectivity index (χ1n) is 14.6. The summed E-state index contributed by atoms with van der Waals surface area (Å²) < 4.78 is 0. The van der Waals surface area contributed by atoms with E-state index in [0.717, 1.165) is 48.3 Å². The summed E-state index contributed by atoms with van der Waals surface area (Å²) in [6.45, 7) is 36.6. The third-order valence-corrected chi connectivity index (χ3v) is 10.3. The van der Waals surface area contributed by atoms with Crippen molar-refractivity contribution in [2.75, 3.05) is 0 Å². The fourth-order valence-electron chi connectivity index (χ4n) is 8.67. The summed E-state index contributed by atoms with van der Waals surface area (Å²) in [6, 6.07) is 0. The van der Waals surface area contributed by atoms with Gasteiger partial charge >= 0.3 is 0 Å². The van der Waals surface area contributed by atoms with Crippen LogP contribution in [0.2, 0.25) is 0 Å². The molecule has 0 aromatic carbocycles. The summed E-state index contributed by atoms with van der Waals surface area (Å²) in [7, 11) is 0. The van der Waals surface area contributed by atoms with E-state index in [1.165, 1.54) is 57.8 Å². The molecule has 4 rings (SSSR count). The number of allylic oxidation sites excluding steroid dienone is 1. The van der Waals surface area contributed by atoms with Crippen molar-refractivity contribution in [1.29, 1.82) is 0 Å². The van der Waals surface area contributed by atoms with Crippen molar-refractivity contribution in [3.8, 4) is 0 Å². The highest BCUT2D eigenvalue weighted by Gasteiger charge is 2.59. The van der Waals surface area contributed by atoms with Crippen LogP contribution in [0.15, 0.2) is 64.3 Å². The third kappa shape index (κ3) is 7.37. The maximum atomic E-state index is 10.2. The summed E-state index contributed by atoms with van der Waals surface area (Å²) in [5, 5.41) is 10.2. The molecule has 0 heterocycles. The fourth-order valence-corrected chi connectivity index (χ4v) is 8.67. The van der Waals surface area contributed by atoms with Gasteiger partial charge in [-0.2, -0.15) is 0 Å². The fraction of sp³-hybridized carbons (Fsp3) is 0.714. The lowest BCUT2D eigenvalue weighted by Crippen LogP contribution is -2.50. The van der Waals surface area contributed by atoms with Crippen molar-refractivity contribution in [2.45, 2.75) is 111 Å². The van der Waals surface area contributed by atoms with E-state index in [0.29, 0.717) is 10.8 Å². The quantitative estimate of drug-likeness (QED) is 0.374. The molecule has 0 saturated heterocycles. The smallest absolute Gasteiger partial charge is 0.0577 e. The monoisotopic (exact) mass is 498 g/mol. The molecule has 0 radical (unpaired) electrons. The SMILES string of the molecule is C=C.C=C.C=C.C=C.CC(C)CCC[C@@H](C)[C@H]1CC[C@H]2[C@@H]3CC=C4C[C@@H](O)CC[C@]4(C)[C@H]3CC[C@]12C. The first-order chi connectivity index (χ1) is 17.3. The first-order valence-corrected chi connectivity index (χ1v) is 14.6. The van der Waals surface area contributed by atoms with Gasteiger partial charge in [0, 0.05) is 0 Å². The molecule has 4 aliphatic rings. The number of fused-ring (bicyclic) bond motifs is 5. The molecule has 0 aromatic rings. The average Bonchev–Trinajstić information content (AvgIpc) is 3.26. The molecule has 3 fully saturated rings. The summed E-state index contributed by atoms with van der Waals surface area (Å²) in [5.41, 5.74) is 2.60. The summed E-state index contributed by atoms with van der Waals surface area (Å²) in [4.78, 5) is 0. The van der Waals surface area contributed by atoms with Crippen molar-refractivity contribution < 1.29 is 5.11 Å². The van der Waals surface area contributed by atoms with E-state index in [1.807, 2.05) is 0 Å². The van der Waals surface area contributed by atoms with E-state index in [2.05, 4.69) is 93.3 Å². The van der Waals surface area contributed by atoms with E-state index in [1.54, 1.807) is 5.57 Å². The van der Waals surface area contributed by atoms with E-state index < -0.39 is 0 Å². The van der Waals surface area contributed by atoms with Crippen LogP contribution < -0.4 is 0 Å². The molecule has 3 saturated carbocycles. The minimum absolute atomic E-state index is 0.0766. The van der Waals surface area contributed by atoms with Gasteiger partial charge in [0.2, 0.25) is 0 Å². The van der Waals surface area contributed by atoms with E-state index in [-0.39, 0.29) is 6.10 Å². The summed E-state index contributed by atoms with van der Waals surface area (Å²) in [5.74, 6) is 5.46. The van der Waals surface area contributed by atoms with Gasteiger partial charge in [-0.3, -0.25) is 0 Å². The zero-order chi connectivity index (χ0) is 28.1. The van der Waals surface area contributed by atoms with Crippen LogP contribution in [0.5, 0.6) is 0 Å². The molecule has 0 amide bonds. The normalized spacial score (nSPS) is 36.6. The van der Waals surface area contributed by atoms with Gasteiger partial charge in [-0.05, 0) is 97.7 Å². The summed E-state index contributed by atoms with van der Waals surface area (Å²) >= 11 is 0. The molecule has 4 aliphatic carbocycles. The van der Waals surface area contributed by atoms with E-state index in [4.69, 9.17) is 0 Å². The van der Waals surface area contributed by atoms with Crippen LogP contribution in [0.25, 0.3) is 0 Å². The van der Waals surface area contributed by atoms with Crippen LogP contribution >= 0.6 is 0 Å². The molecule has 1 heteroatoms. The second kappa shape index (κ2) is 16.5. The summed E-state index contributed by atoms with van der Waals surface area (Å²) in [6.07, 6.45) is 17.2. The Kier molecular flexibility index (Phi) is 15.9. The third-order valence-electron chi connectivity index (χ3n) is 10.3. The highest BCUT2D eigenvalue weighted by atomic mass is 16.3. The molecule has 8 atom stereocenters. The van der Waals surface area contributed by atoms with Crippen LogP contribution in [-0.4, -0.2) is 11.2 Å². The van der Waals surface area contributed by atoms with Crippen molar-refractivity contribution >= 4 is 0 Å². The van der Waals surface area contributed by atoms with Gasteiger partial charge < -0.3 is 5.11 Å². The van der Waals surface area contributed by atoms with E-state index >= 15 is 0 Å². The Hall–Kier alpha value is -1.34. The predicted molar refractivity (Wildman–Crippen MR) is 164 cm³/mol. The number of aliphatic hydroxyl groups is 1. The molecule has 208 valence electrons. The molecule has 0 spiro atoms. The van der Waals surface area contributed by atoms with Crippen LogP contribution in [0, 0.1) is 46.3 Å². The maximum absolute atomic E-state index is 10.2. The van der Waals surface area contributed by atoms with Gasteiger partial charge in [0.15, 0.2) is 0 Å². The highest BCUT2D eigenvalue weighted by Crippen LogP contribution is 2.67. The molecule has 36 heavy (non-hydrogen) atoms. The van der Waals surface area contributed by atoms with Gasteiger partial charge in [0.05, 0.1) is 6.10 Å². The van der Waals surface area contributed by atoms with Crippen LogP contribution in [-0.2, 0) is 0 Å². The average molecular weight is 499 g/mol. The Balaban J connectivity index is 0.00000140. The minimum atomic E-state index is -0.0766. The molecule has 1 nitrogen and oxygen atoms in total. The van der Waals surface area contributed by atoms with Crippen LogP contribution in [0.1, 0.15) is 105 Å². The number of hydrogen-bond donors (Lipinski definition) is 1. The van der Waals surface area contributed by atoms with E-state index in [9.17, 15) is 5.11 Å². The molecule has 0 aliphatic heterocycles. The maximum Gasteiger partial charge on any atom is 0.0577 e.